The van der Waals surface area contributed by atoms with E-state index in [1.807, 2.05) is 18.3 Å². The number of carbonyl (C=O) groups excluding carboxylic acids is 1. The van der Waals surface area contributed by atoms with E-state index < -0.39 is 5.97 Å². The number of pyridine rings is 1. The van der Waals surface area contributed by atoms with Gasteiger partial charge in [0.1, 0.15) is 11.9 Å². The van der Waals surface area contributed by atoms with Gasteiger partial charge in [0, 0.05) is 24.4 Å². The highest BCUT2D eigenvalue weighted by molar-refractivity contribution is 5.87. The first-order valence-corrected chi connectivity index (χ1v) is 7.76. The molecule has 0 radical (unpaired) electrons. The highest BCUT2D eigenvalue weighted by Gasteiger charge is 2.31. The van der Waals surface area contributed by atoms with Crippen molar-refractivity contribution >= 4 is 12.0 Å². The van der Waals surface area contributed by atoms with E-state index in [1.165, 1.54) is 18.2 Å². The topological polar surface area (TPSA) is 39.2 Å². The first kappa shape index (κ1) is 15.4. The molecule has 0 amide bonds. The Balaban J connectivity index is 1.63. The maximum atomic E-state index is 13.1. The summed E-state index contributed by atoms with van der Waals surface area (Å²) >= 11 is 0. The van der Waals surface area contributed by atoms with Crippen LogP contribution in [0.5, 0.6) is 0 Å². The number of ether oxygens (including phenoxy) is 1. The zero-order valence-corrected chi connectivity index (χ0v) is 12.7. The van der Waals surface area contributed by atoms with Gasteiger partial charge in [-0.25, -0.2) is 9.18 Å². The van der Waals surface area contributed by atoms with Crippen molar-refractivity contribution in [2.75, 3.05) is 0 Å². The van der Waals surface area contributed by atoms with Gasteiger partial charge in [0.15, 0.2) is 0 Å². The number of rotatable bonds is 4. The summed E-state index contributed by atoms with van der Waals surface area (Å²) < 4.78 is 18.7. The first-order chi connectivity index (χ1) is 11.2. The third-order valence-corrected chi connectivity index (χ3v) is 4.09. The fraction of sp³-hybridized carbons (Fsp3) is 0.263. The lowest BCUT2D eigenvalue weighted by Gasteiger charge is -2.19. The number of carbonyl (C=O) groups is 1. The molecule has 2 atom stereocenters. The molecule has 0 spiro atoms. The van der Waals surface area contributed by atoms with E-state index in [1.54, 1.807) is 24.4 Å². The van der Waals surface area contributed by atoms with Crippen LogP contribution >= 0.6 is 0 Å². The number of benzene rings is 1. The van der Waals surface area contributed by atoms with E-state index in [4.69, 9.17) is 4.74 Å². The molecule has 0 bridgehead atoms. The average Bonchev–Trinajstić information content (AvgIpc) is 3.02. The predicted octanol–water partition coefficient (Wildman–Crippen LogP) is 4.11. The Hall–Kier alpha value is -2.49. The summed E-state index contributed by atoms with van der Waals surface area (Å²) in [7, 11) is 0. The molecule has 0 N–H and O–H groups in total. The van der Waals surface area contributed by atoms with Crippen LogP contribution in [0, 0.1) is 5.82 Å². The van der Waals surface area contributed by atoms with Crippen LogP contribution in [0.2, 0.25) is 0 Å². The highest BCUT2D eigenvalue weighted by Crippen LogP contribution is 2.36. The van der Waals surface area contributed by atoms with E-state index in [9.17, 15) is 9.18 Å². The Morgan fingerprint density at radius 2 is 2.17 bits per heavy atom. The van der Waals surface area contributed by atoms with Crippen LogP contribution in [0.4, 0.5) is 4.39 Å². The minimum atomic E-state index is -0.393. The number of hydrogen-bond donors (Lipinski definition) is 0. The van der Waals surface area contributed by atoms with E-state index in [-0.39, 0.29) is 17.8 Å². The van der Waals surface area contributed by atoms with Crippen molar-refractivity contribution in [3.8, 4) is 0 Å². The lowest BCUT2D eigenvalue weighted by molar-refractivity contribution is -0.143. The van der Waals surface area contributed by atoms with Gasteiger partial charge in [0.25, 0.3) is 0 Å². The Morgan fingerprint density at radius 3 is 2.96 bits per heavy atom. The molecule has 1 aromatic heterocycles. The Bertz CT molecular complexity index is 700. The summed E-state index contributed by atoms with van der Waals surface area (Å²) in [6, 6.07) is 10.0. The van der Waals surface area contributed by atoms with Crippen molar-refractivity contribution in [2.24, 2.45) is 0 Å². The van der Waals surface area contributed by atoms with E-state index >= 15 is 0 Å². The van der Waals surface area contributed by atoms with Crippen LogP contribution in [-0.4, -0.2) is 17.1 Å². The molecule has 1 heterocycles. The van der Waals surface area contributed by atoms with Gasteiger partial charge >= 0.3 is 5.97 Å². The monoisotopic (exact) mass is 311 g/mol. The minimum absolute atomic E-state index is 0.121. The van der Waals surface area contributed by atoms with Gasteiger partial charge in [-0.15, -0.1) is 0 Å². The van der Waals surface area contributed by atoms with E-state index in [0.29, 0.717) is 5.56 Å². The molecule has 118 valence electrons. The molecule has 0 aliphatic heterocycles. The van der Waals surface area contributed by atoms with Gasteiger partial charge < -0.3 is 4.74 Å². The summed E-state index contributed by atoms with van der Waals surface area (Å²) in [4.78, 5) is 16.2. The highest BCUT2D eigenvalue weighted by atomic mass is 19.1. The molecule has 2 aromatic rings. The molecule has 2 unspecified atom stereocenters. The summed E-state index contributed by atoms with van der Waals surface area (Å²) in [6.45, 7) is 0. The molecule has 1 aliphatic carbocycles. The Kier molecular flexibility index (Phi) is 4.81. The minimum Gasteiger partial charge on any atom is -0.459 e. The van der Waals surface area contributed by atoms with Crippen molar-refractivity contribution in [2.45, 2.75) is 31.3 Å². The van der Waals surface area contributed by atoms with Crippen LogP contribution in [0.3, 0.4) is 0 Å². The molecule has 4 heteroatoms. The number of esters is 1. The molecule has 1 aliphatic rings. The van der Waals surface area contributed by atoms with E-state index in [2.05, 4.69) is 4.98 Å². The largest absolute Gasteiger partial charge is 0.459 e. The maximum absolute atomic E-state index is 13.1. The Morgan fingerprint density at radius 1 is 1.26 bits per heavy atom. The van der Waals surface area contributed by atoms with Crippen LogP contribution in [0.15, 0.2) is 54.9 Å². The lowest BCUT2D eigenvalue weighted by Crippen LogP contribution is -2.20. The zero-order chi connectivity index (χ0) is 16.1. The lowest BCUT2D eigenvalue weighted by atomic mass is 9.97. The molecule has 3 nitrogen and oxygen atoms in total. The van der Waals surface area contributed by atoms with Gasteiger partial charge in [-0.05, 0) is 54.7 Å². The third kappa shape index (κ3) is 4.03. The van der Waals surface area contributed by atoms with Crippen LogP contribution in [0.25, 0.3) is 6.08 Å². The molecule has 1 aromatic carbocycles. The van der Waals surface area contributed by atoms with Gasteiger partial charge in [-0.1, -0.05) is 18.2 Å². The van der Waals surface area contributed by atoms with Gasteiger partial charge in [-0.2, -0.15) is 0 Å². The molecule has 1 fully saturated rings. The second kappa shape index (κ2) is 7.18. The van der Waals surface area contributed by atoms with Crippen molar-refractivity contribution in [1.29, 1.82) is 0 Å². The third-order valence-electron chi connectivity index (χ3n) is 4.09. The fourth-order valence-electron chi connectivity index (χ4n) is 3.01. The molecule has 1 saturated carbocycles. The fourth-order valence-corrected chi connectivity index (χ4v) is 3.01. The summed E-state index contributed by atoms with van der Waals surface area (Å²) in [6.07, 6.45) is 9.26. The second-order valence-corrected chi connectivity index (χ2v) is 5.69. The quantitative estimate of drug-likeness (QED) is 0.630. The summed E-state index contributed by atoms with van der Waals surface area (Å²) in [5.41, 5.74) is 1.74. The zero-order valence-electron chi connectivity index (χ0n) is 12.7. The van der Waals surface area contributed by atoms with Crippen molar-refractivity contribution in [3.05, 3.63) is 71.8 Å². The smallest absolute Gasteiger partial charge is 0.331 e. The van der Waals surface area contributed by atoms with Crippen molar-refractivity contribution in [1.82, 2.24) is 4.98 Å². The Labute approximate surface area is 134 Å². The number of hydrogen-bond acceptors (Lipinski definition) is 3. The van der Waals surface area contributed by atoms with Crippen LogP contribution < -0.4 is 0 Å². The number of nitrogens with zero attached hydrogens (tertiary/aromatic N) is 1. The summed E-state index contributed by atoms with van der Waals surface area (Å²) in [5, 5.41) is 0. The van der Waals surface area contributed by atoms with E-state index in [0.717, 1.165) is 24.8 Å². The predicted molar refractivity (Wildman–Crippen MR) is 86.1 cm³/mol. The molecule has 23 heavy (non-hydrogen) atoms. The normalized spacial score (nSPS) is 20.7. The number of aromatic nitrogens is 1. The molecular weight excluding hydrogens is 293 g/mol. The maximum Gasteiger partial charge on any atom is 0.331 e. The van der Waals surface area contributed by atoms with Gasteiger partial charge in [0.2, 0.25) is 0 Å². The molecule has 0 saturated heterocycles. The van der Waals surface area contributed by atoms with Gasteiger partial charge in [-0.3, -0.25) is 4.98 Å². The van der Waals surface area contributed by atoms with Crippen molar-refractivity contribution in [3.63, 3.8) is 0 Å². The number of halogens is 1. The van der Waals surface area contributed by atoms with Gasteiger partial charge in [0.05, 0.1) is 0 Å². The summed E-state index contributed by atoms with van der Waals surface area (Å²) in [5.74, 6) is -0.516. The van der Waals surface area contributed by atoms with Crippen molar-refractivity contribution < 1.29 is 13.9 Å². The second-order valence-electron chi connectivity index (χ2n) is 5.69. The first-order valence-electron chi connectivity index (χ1n) is 7.76. The standard InChI is InChI=1S/C19H18FNO2/c20-16-6-1-4-14(12-16)9-10-19(22)23-18-8-2-7-17(18)15-5-3-11-21-13-15/h1,3-6,9-13,17-18H,2,7-8H2/b10-9+. The SMILES string of the molecule is O=C(/C=C/c1cccc(F)c1)OC1CCCC1c1cccnc1. The van der Waals surface area contributed by atoms with Crippen LogP contribution in [-0.2, 0) is 9.53 Å². The average molecular weight is 311 g/mol. The molecular formula is C19H18FNO2. The van der Waals surface area contributed by atoms with Crippen LogP contribution in [0.1, 0.15) is 36.3 Å². The molecule has 3 rings (SSSR count).